The van der Waals surface area contributed by atoms with Gasteiger partial charge in [-0.3, -0.25) is 9.79 Å². The Hall–Kier alpha value is -1.31. The highest BCUT2D eigenvalue weighted by molar-refractivity contribution is 14.0. The highest BCUT2D eigenvalue weighted by Gasteiger charge is 2.15. The number of hydrogen-bond donors (Lipinski definition) is 2. The summed E-state index contributed by atoms with van der Waals surface area (Å²) in [7, 11) is 5.38. The van der Waals surface area contributed by atoms with Crippen LogP contribution in [0.2, 0.25) is 0 Å². The van der Waals surface area contributed by atoms with Crippen molar-refractivity contribution in [1.29, 1.82) is 0 Å². The first kappa shape index (κ1) is 25.7. The molecule has 5 nitrogen and oxygen atoms in total. The average Bonchev–Trinajstić information content (AvgIpc) is 2.71. The van der Waals surface area contributed by atoms with E-state index in [0.29, 0.717) is 6.04 Å². The minimum Gasteiger partial charge on any atom is -0.356 e. The Balaban J connectivity index is 0.00000420. The topological polar surface area (TPSA) is 56.7 Å². The SMILES string of the molecule is CN=C(NCCc1cccc(C(=O)N(C)C)c1)NC(C)CCC1CCCCC1.I. The maximum Gasteiger partial charge on any atom is 0.253 e. The van der Waals surface area contributed by atoms with Gasteiger partial charge in [-0.2, -0.15) is 0 Å². The fraction of sp³-hybridized carbons (Fsp3) is 0.652. The molecule has 6 heteroatoms. The summed E-state index contributed by atoms with van der Waals surface area (Å²) in [5, 5.41) is 6.92. The number of halogens is 1. The van der Waals surface area contributed by atoms with Gasteiger partial charge < -0.3 is 15.5 Å². The normalized spacial score (nSPS) is 15.9. The summed E-state index contributed by atoms with van der Waals surface area (Å²) in [6.07, 6.45) is 10.4. The first-order valence-corrected chi connectivity index (χ1v) is 10.8. The number of nitrogens with zero attached hydrogens (tertiary/aromatic N) is 2. The van der Waals surface area contributed by atoms with Crippen LogP contribution in [0.4, 0.5) is 0 Å². The van der Waals surface area contributed by atoms with E-state index in [1.807, 2.05) is 25.2 Å². The van der Waals surface area contributed by atoms with Crippen LogP contribution in [0, 0.1) is 5.92 Å². The average molecular weight is 514 g/mol. The molecule has 0 aliphatic heterocycles. The zero-order chi connectivity index (χ0) is 20.4. The third-order valence-corrected chi connectivity index (χ3v) is 5.63. The van der Waals surface area contributed by atoms with Crippen molar-refractivity contribution < 1.29 is 4.79 Å². The number of rotatable bonds is 8. The molecule has 1 unspecified atom stereocenters. The number of amides is 1. The van der Waals surface area contributed by atoms with Gasteiger partial charge in [-0.25, -0.2) is 0 Å². The third-order valence-electron chi connectivity index (χ3n) is 5.63. The smallest absolute Gasteiger partial charge is 0.253 e. The number of guanidine groups is 1. The standard InChI is InChI=1S/C23H38N4O.HI/c1-18(13-14-19-9-6-5-7-10-19)26-23(24-2)25-16-15-20-11-8-12-21(17-20)22(28)27(3)4;/h8,11-12,17-19H,5-7,9-10,13-16H2,1-4H3,(H2,24,25,26);1H. The van der Waals surface area contributed by atoms with Crippen LogP contribution in [-0.2, 0) is 6.42 Å². The van der Waals surface area contributed by atoms with Crippen LogP contribution in [0.3, 0.4) is 0 Å². The van der Waals surface area contributed by atoms with Gasteiger partial charge in [0, 0.05) is 39.3 Å². The molecule has 1 amide bonds. The molecule has 1 aromatic carbocycles. The van der Waals surface area contributed by atoms with E-state index in [1.54, 1.807) is 19.0 Å². The number of carbonyl (C=O) groups excluding carboxylic acids is 1. The second kappa shape index (κ2) is 13.8. The Kier molecular flexibility index (Phi) is 12.3. The Bertz CT molecular complexity index is 642. The van der Waals surface area contributed by atoms with Gasteiger partial charge >= 0.3 is 0 Å². The molecule has 0 bridgehead atoms. The van der Waals surface area contributed by atoms with Gasteiger partial charge in [0.1, 0.15) is 0 Å². The zero-order valence-electron chi connectivity index (χ0n) is 18.5. The van der Waals surface area contributed by atoms with E-state index in [1.165, 1.54) is 44.9 Å². The van der Waals surface area contributed by atoms with Crippen molar-refractivity contribution in [1.82, 2.24) is 15.5 Å². The highest BCUT2D eigenvalue weighted by atomic mass is 127. The zero-order valence-corrected chi connectivity index (χ0v) is 20.9. The third kappa shape index (κ3) is 9.36. The molecular formula is C23H39IN4O. The molecule has 2 N–H and O–H groups in total. The fourth-order valence-corrected chi connectivity index (χ4v) is 3.91. The van der Waals surface area contributed by atoms with Gasteiger partial charge in [0.25, 0.3) is 5.91 Å². The van der Waals surface area contributed by atoms with Gasteiger partial charge in [0.2, 0.25) is 0 Å². The lowest BCUT2D eigenvalue weighted by atomic mass is 9.85. The minimum atomic E-state index is 0. The van der Waals surface area contributed by atoms with E-state index in [0.717, 1.165) is 36.0 Å². The maximum absolute atomic E-state index is 12.1. The molecule has 0 heterocycles. The van der Waals surface area contributed by atoms with Gasteiger partial charge in [0.05, 0.1) is 0 Å². The summed E-state index contributed by atoms with van der Waals surface area (Å²) in [4.78, 5) is 18.1. The quantitative estimate of drug-likeness (QED) is 0.306. The molecule has 1 aliphatic carbocycles. The summed E-state index contributed by atoms with van der Waals surface area (Å²) in [6, 6.07) is 8.29. The summed E-state index contributed by atoms with van der Waals surface area (Å²) in [6.45, 7) is 3.03. The second-order valence-electron chi connectivity index (χ2n) is 8.28. The van der Waals surface area contributed by atoms with Gasteiger partial charge in [0.15, 0.2) is 5.96 Å². The van der Waals surface area contributed by atoms with Gasteiger partial charge in [-0.1, -0.05) is 44.2 Å². The Labute approximate surface area is 194 Å². The molecule has 29 heavy (non-hydrogen) atoms. The predicted molar refractivity (Wildman–Crippen MR) is 133 cm³/mol. The number of benzene rings is 1. The van der Waals surface area contributed by atoms with E-state index in [4.69, 9.17) is 0 Å². The lowest BCUT2D eigenvalue weighted by Gasteiger charge is -2.24. The molecule has 0 spiro atoms. The van der Waals surface area contributed by atoms with Crippen molar-refractivity contribution in [2.75, 3.05) is 27.7 Å². The number of nitrogens with one attached hydrogen (secondary N) is 2. The van der Waals surface area contributed by atoms with E-state index < -0.39 is 0 Å². The largest absolute Gasteiger partial charge is 0.356 e. The van der Waals surface area contributed by atoms with Crippen LogP contribution >= 0.6 is 24.0 Å². The molecule has 2 rings (SSSR count). The molecule has 0 radical (unpaired) electrons. The van der Waals surface area contributed by atoms with Gasteiger partial charge in [-0.05, 0) is 49.8 Å². The van der Waals surface area contributed by atoms with Crippen LogP contribution in [-0.4, -0.2) is 50.5 Å². The van der Waals surface area contributed by atoms with Gasteiger partial charge in [-0.15, -0.1) is 24.0 Å². The van der Waals surface area contributed by atoms with Crippen LogP contribution in [0.25, 0.3) is 0 Å². The molecule has 1 aromatic rings. The Morgan fingerprint density at radius 3 is 2.62 bits per heavy atom. The molecule has 164 valence electrons. The Morgan fingerprint density at radius 2 is 1.97 bits per heavy atom. The predicted octanol–water partition coefficient (Wildman–Crippen LogP) is 4.46. The van der Waals surface area contributed by atoms with Crippen molar-refractivity contribution >= 4 is 35.8 Å². The molecule has 1 atom stereocenters. The highest BCUT2D eigenvalue weighted by Crippen LogP contribution is 2.27. The molecular weight excluding hydrogens is 475 g/mol. The first-order valence-electron chi connectivity index (χ1n) is 10.8. The lowest BCUT2D eigenvalue weighted by molar-refractivity contribution is 0.0827. The minimum absolute atomic E-state index is 0. The van der Waals surface area contributed by atoms with Crippen LogP contribution in [0.1, 0.15) is 67.8 Å². The lowest BCUT2D eigenvalue weighted by Crippen LogP contribution is -2.43. The molecule has 0 saturated heterocycles. The van der Waals surface area contributed by atoms with Crippen molar-refractivity contribution in [3.63, 3.8) is 0 Å². The van der Waals surface area contributed by atoms with E-state index in [9.17, 15) is 4.79 Å². The van der Waals surface area contributed by atoms with Crippen LogP contribution < -0.4 is 10.6 Å². The molecule has 1 fully saturated rings. The summed E-state index contributed by atoms with van der Waals surface area (Å²) >= 11 is 0. The summed E-state index contributed by atoms with van der Waals surface area (Å²) < 4.78 is 0. The number of hydrogen-bond acceptors (Lipinski definition) is 2. The number of aliphatic imine (C=N–C) groups is 1. The second-order valence-corrected chi connectivity index (χ2v) is 8.28. The van der Waals surface area contributed by atoms with Crippen molar-refractivity contribution in [3.05, 3.63) is 35.4 Å². The number of carbonyl (C=O) groups is 1. The van der Waals surface area contributed by atoms with E-state index in [2.05, 4.69) is 28.6 Å². The van der Waals surface area contributed by atoms with E-state index >= 15 is 0 Å². The monoisotopic (exact) mass is 514 g/mol. The van der Waals surface area contributed by atoms with E-state index in [-0.39, 0.29) is 29.9 Å². The summed E-state index contributed by atoms with van der Waals surface area (Å²) in [5.41, 5.74) is 1.89. The summed E-state index contributed by atoms with van der Waals surface area (Å²) in [5.74, 6) is 1.82. The molecule has 1 aliphatic rings. The fourth-order valence-electron chi connectivity index (χ4n) is 3.91. The first-order chi connectivity index (χ1) is 13.5. The van der Waals surface area contributed by atoms with Crippen LogP contribution in [0.15, 0.2) is 29.3 Å². The molecule has 1 saturated carbocycles. The van der Waals surface area contributed by atoms with Crippen molar-refractivity contribution in [2.24, 2.45) is 10.9 Å². The van der Waals surface area contributed by atoms with Crippen LogP contribution in [0.5, 0.6) is 0 Å². The van der Waals surface area contributed by atoms with Crippen molar-refractivity contribution in [3.8, 4) is 0 Å². The Morgan fingerprint density at radius 1 is 1.24 bits per heavy atom. The van der Waals surface area contributed by atoms with Crippen molar-refractivity contribution in [2.45, 2.75) is 64.3 Å². The molecule has 0 aromatic heterocycles. The maximum atomic E-state index is 12.1.